The zero-order valence-electron chi connectivity index (χ0n) is 74.9. The van der Waals surface area contributed by atoms with E-state index in [2.05, 4.69) is 138 Å². The van der Waals surface area contributed by atoms with Gasteiger partial charge in [-0.3, -0.25) is 4.98 Å². The Morgan fingerprint density at radius 2 is 0.568 bits per heavy atom. The van der Waals surface area contributed by atoms with Crippen molar-refractivity contribution >= 4 is 57.1 Å². The second-order valence-electron chi connectivity index (χ2n) is 33.2. The number of rotatable bonds is 22. The van der Waals surface area contributed by atoms with Crippen molar-refractivity contribution in [2.75, 3.05) is 57.6 Å². The molecule has 24 heteroatoms. The first-order valence-corrected chi connectivity index (χ1v) is 42.1. The number of phenolic OH excluding ortho intramolecular Hbond substituents is 4. The minimum Gasteiger partial charge on any atom is -0.510 e. The van der Waals surface area contributed by atoms with E-state index < -0.39 is 10.8 Å². The van der Waals surface area contributed by atoms with Crippen LogP contribution in [0.3, 0.4) is 0 Å². The second kappa shape index (κ2) is 44.5. The molecule has 10 aromatic carbocycles. The minimum absolute atomic E-state index is 0. The quantitative estimate of drug-likeness (QED) is 0.0470. The molecule has 0 fully saturated rings. The molecule has 4 aromatic heterocycles. The Kier molecular flexibility index (Phi) is 33.7. The van der Waals surface area contributed by atoms with Gasteiger partial charge in [-0.25, -0.2) is 9.97 Å². The number of para-hydroxylation sites is 8. The second-order valence-corrected chi connectivity index (χ2v) is 33.2. The molecule has 4 aliphatic heterocycles. The largest absolute Gasteiger partial charge is 2.00 e. The van der Waals surface area contributed by atoms with Gasteiger partial charge in [-0.05, 0) is 175 Å². The summed E-state index contributed by atoms with van der Waals surface area (Å²) in [5.41, 5.74) is 13.3. The molecule has 8 heterocycles. The van der Waals surface area contributed by atoms with Crippen molar-refractivity contribution in [1.82, 2.24) is 39.5 Å². The maximum absolute atomic E-state index is 10.5. The first-order valence-electron chi connectivity index (χ1n) is 42.1. The van der Waals surface area contributed by atoms with Crippen LogP contribution in [0.5, 0.6) is 46.3 Å². The fourth-order valence-electron chi connectivity index (χ4n) is 15.0. The van der Waals surface area contributed by atoms with Crippen LogP contribution in [0.15, 0.2) is 353 Å². The van der Waals surface area contributed by atoms with Crippen LogP contribution in [0.4, 0.5) is 57.1 Å². The van der Waals surface area contributed by atoms with Crippen molar-refractivity contribution in [3.63, 3.8) is 0 Å². The van der Waals surface area contributed by atoms with Gasteiger partial charge < -0.3 is 78.9 Å². The normalized spacial score (nSPS) is 13.1. The molecule has 132 heavy (non-hydrogen) atoms. The smallest absolute Gasteiger partial charge is 0.510 e. The molecule has 0 bridgehead atoms. The van der Waals surface area contributed by atoms with Crippen LogP contribution in [0.1, 0.15) is 100 Å². The molecule has 0 saturated carbocycles. The fourth-order valence-corrected chi connectivity index (χ4v) is 15.0. The fraction of sp³-hybridized carbons (Fsp3) is 0.148. The van der Waals surface area contributed by atoms with Crippen molar-refractivity contribution in [2.24, 2.45) is 0 Å². The van der Waals surface area contributed by atoms with Crippen LogP contribution in [-0.4, -0.2) is 88.2 Å². The van der Waals surface area contributed by atoms with Crippen molar-refractivity contribution in [3.8, 4) is 46.3 Å². The summed E-state index contributed by atoms with van der Waals surface area (Å²) in [5, 5.41) is 41.0. The summed E-state index contributed by atoms with van der Waals surface area (Å²) >= 11 is 0. The minimum atomic E-state index is -0.491. The summed E-state index contributed by atoms with van der Waals surface area (Å²) in [6.45, 7) is 25.0. The summed E-state index contributed by atoms with van der Waals surface area (Å²) in [6, 6.07) is 111. The summed E-state index contributed by atoms with van der Waals surface area (Å²) in [7, 11) is 7.98. The zero-order valence-corrected chi connectivity index (χ0v) is 84.0. The van der Waals surface area contributed by atoms with E-state index in [0.717, 1.165) is 96.3 Å². The molecular formula is C108H102N14O6Pt4. The van der Waals surface area contributed by atoms with Gasteiger partial charge in [0.15, 0.2) is 23.0 Å². The molecule has 14 aromatic rings. The van der Waals surface area contributed by atoms with Crippen molar-refractivity contribution in [1.29, 1.82) is 0 Å². The van der Waals surface area contributed by atoms with Gasteiger partial charge in [0.25, 0.3) is 0 Å². The van der Waals surface area contributed by atoms with Gasteiger partial charge in [-0.2, -0.15) is 92.3 Å². The molecule has 4 aliphatic rings. The summed E-state index contributed by atoms with van der Waals surface area (Å²) in [5.74, 6) is 3.70. The zero-order chi connectivity index (χ0) is 89.7. The maximum Gasteiger partial charge on any atom is 2.00 e. The van der Waals surface area contributed by atoms with Crippen LogP contribution in [-0.2, 0) is 106 Å². The first kappa shape index (κ1) is 99.9. The van der Waals surface area contributed by atoms with E-state index in [0.29, 0.717) is 34.8 Å². The summed E-state index contributed by atoms with van der Waals surface area (Å²) < 4.78 is 11.7. The number of aromatic hydroxyl groups is 4. The molecule has 0 spiro atoms. The van der Waals surface area contributed by atoms with E-state index >= 15 is 0 Å². The third-order valence-corrected chi connectivity index (χ3v) is 22.4. The average molecular weight is 2470 g/mol. The molecule has 18 rings (SSSR count). The van der Waals surface area contributed by atoms with E-state index in [1.54, 1.807) is 66.7 Å². The Morgan fingerprint density at radius 1 is 0.273 bits per heavy atom. The summed E-state index contributed by atoms with van der Waals surface area (Å²) in [6.07, 6.45) is 16.0. The number of nitrogens with zero attached hydrogens (tertiary/aromatic N) is 14. The Labute approximate surface area is 833 Å². The predicted octanol–water partition coefficient (Wildman–Crippen LogP) is 23.5. The van der Waals surface area contributed by atoms with Crippen LogP contribution < -0.4 is 38.9 Å². The monoisotopic (exact) mass is 2470 g/mol. The average Bonchev–Trinajstić information content (AvgIpc) is 1.16. The predicted molar refractivity (Wildman–Crippen MR) is 510 cm³/mol. The van der Waals surface area contributed by atoms with Crippen LogP contribution in [0.25, 0.3) is 0 Å². The van der Waals surface area contributed by atoms with E-state index in [1.807, 2.05) is 332 Å². The maximum atomic E-state index is 10.5. The van der Waals surface area contributed by atoms with Crippen LogP contribution in [0.2, 0.25) is 0 Å². The molecule has 0 unspecified atom stereocenters. The number of anilines is 10. The number of ether oxygens (including phenoxy) is 2. The molecule has 4 N–H and O–H groups in total. The Morgan fingerprint density at radius 3 is 0.947 bits per heavy atom. The van der Waals surface area contributed by atoms with E-state index in [9.17, 15) is 20.4 Å². The van der Waals surface area contributed by atoms with E-state index in [1.165, 1.54) is 0 Å². The molecule has 680 valence electrons. The molecule has 0 radical (unpaired) electrons. The standard InChI is InChI=1S/C30H28N4O.C27H22N4O2.C27H29N3O.C24H23N3O2.4Pt/c1-30(2,26-15-7-8-16-27(26)35)28-17-10-18-29(31-28)34(23-11-5-4-6-12-23)25-14-9-13-24(21-25)33-20-19-32(3)22-33;1-29-17-18-30(20-29)22-11-7-12-23(19-22)31(21-9-3-2-4-10-21)26-15-8-16-27(28-26)33-25-14-6-5-13-24(25)32;1-26(2,20-10-8-11-21(18-20)30-17-16-29(5)19-30)24-14-9-15-25(28-24)27(3,4)22-12-6-7-13-23(22)31;1-24(2,18-8-6-9-19(16-18)27-15-14-26(3)17-27)22-12-7-13-23(25-22)29-21-11-5-4-10-20(21)28;;;;/h4-20,22,35H,1-3H3;2-18,20,32H,1H3;6-17,19,31H,1-5H3;4-15,17,28H,1-3H3;;;;/q4*-2;4*+2. The number of benzene rings is 10. The Bertz CT molecular complexity index is 6320. The number of hydrogen-bond acceptors (Lipinski definition) is 20. The van der Waals surface area contributed by atoms with Gasteiger partial charge in [-0.1, -0.05) is 188 Å². The third kappa shape index (κ3) is 23.6. The van der Waals surface area contributed by atoms with Gasteiger partial charge in [0.2, 0.25) is 11.8 Å². The SMILES string of the molecule is CN1C=CN(c2[c-]c(C(C)(C)c3cccc(C(C)(C)c4ccccc4O)n3)ccc2)[CH-]1.CN1C=CN(c2[c-]c(C(C)(C)c3cccc(Oc4ccccc4O)n3)ccc2)[CH-]1.CN1C=CN(c2[c-]c(N(c3ccccc3)c3cccc(C(C)(C)c4ccccc4O)n3)ccc2)[CH-]1.CN1C=CN(c2[c-]c(N(c3ccccc3)c3cccc(Oc4ccccc4O)n3)ccc2)[CH-]1.[Pt+2].[Pt+2].[Pt+2].[Pt+2]. The number of aromatic nitrogens is 4. The Hall–Kier alpha value is -12.7. The van der Waals surface area contributed by atoms with E-state index in [4.69, 9.17) is 29.4 Å². The number of phenols is 4. The van der Waals surface area contributed by atoms with Crippen LogP contribution >= 0.6 is 0 Å². The van der Waals surface area contributed by atoms with Gasteiger partial charge in [0, 0.05) is 62.0 Å². The topological polar surface area (TPSA) is 183 Å². The molecule has 0 amide bonds. The van der Waals surface area contributed by atoms with Crippen molar-refractivity contribution in [2.45, 2.75) is 77.0 Å². The molecule has 20 nitrogen and oxygen atoms in total. The van der Waals surface area contributed by atoms with Gasteiger partial charge >= 0.3 is 84.3 Å². The Balaban J connectivity index is 0.000000168. The molecule has 0 atom stereocenters. The van der Waals surface area contributed by atoms with Crippen molar-refractivity contribution in [3.05, 3.63) is 449 Å². The number of pyridine rings is 4. The molecular weight excluding hydrogens is 2370 g/mol. The number of hydrogen-bond donors (Lipinski definition) is 4. The van der Waals surface area contributed by atoms with E-state index in [-0.39, 0.29) is 112 Å². The van der Waals surface area contributed by atoms with Crippen molar-refractivity contribution < 1.29 is 114 Å². The first-order chi connectivity index (χ1) is 61.7. The van der Waals surface area contributed by atoms with Gasteiger partial charge in [-0.15, -0.1) is 70.3 Å². The molecule has 0 saturated heterocycles. The summed E-state index contributed by atoms with van der Waals surface area (Å²) in [4.78, 5) is 39.9. The third-order valence-electron chi connectivity index (χ3n) is 22.4. The van der Waals surface area contributed by atoms with Crippen LogP contribution in [0, 0.1) is 50.9 Å². The van der Waals surface area contributed by atoms with Gasteiger partial charge in [0.1, 0.15) is 23.1 Å². The van der Waals surface area contributed by atoms with Gasteiger partial charge in [0.05, 0.1) is 17.1 Å². The molecule has 0 aliphatic carbocycles.